The highest BCUT2D eigenvalue weighted by molar-refractivity contribution is 7.86. The molecule has 22 heavy (non-hydrogen) atoms. The van der Waals surface area contributed by atoms with Crippen LogP contribution in [0.4, 0.5) is 0 Å². The minimum absolute atomic E-state index is 0.0527. The molecular formula is C13H20O7S2. The van der Waals surface area contributed by atoms with Crippen molar-refractivity contribution in [3.63, 3.8) is 0 Å². The molecule has 1 unspecified atom stereocenters. The highest BCUT2D eigenvalue weighted by atomic mass is 32.2. The zero-order chi connectivity index (χ0) is 16.6. The Morgan fingerprint density at radius 1 is 0.909 bits per heavy atom. The van der Waals surface area contributed by atoms with Crippen molar-refractivity contribution in [3.05, 3.63) is 35.9 Å². The number of rotatable bonds is 10. The van der Waals surface area contributed by atoms with E-state index in [1.165, 1.54) is 0 Å². The Labute approximate surface area is 130 Å². The van der Waals surface area contributed by atoms with Crippen molar-refractivity contribution in [1.82, 2.24) is 0 Å². The van der Waals surface area contributed by atoms with E-state index in [-0.39, 0.29) is 25.9 Å². The van der Waals surface area contributed by atoms with Crippen molar-refractivity contribution in [2.24, 2.45) is 0 Å². The molecule has 0 bridgehead atoms. The molecule has 0 saturated heterocycles. The van der Waals surface area contributed by atoms with Crippen LogP contribution in [-0.2, 0) is 31.6 Å². The Morgan fingerprint density at radius 3 is 2.05 bits per heavy atom. The molecule has 0 aliphatic heterocycles. The van der Waals surface area contributed by atoms with Crippen LogP contribution in [-0.4, -0.2) is 43.6 Å². The monoisotopic (exact) mass is 352 g/mol. The molecule has 0 aliphatic carbocycles. The van der Waals surface area contributed by atoms with Gasteiger partial charge in [-0.2, -0.15) is 16.8 Å². The van der Waals surface area contributed by atoms with E-state index in [4.69, 9.17) is 13.8 Å². The fourth-order valence-corrected chi connectivity index (χ4v) is 2.97. The topological polar surface area (TPSA) is 118 Å². The average Bonchev–Trinajstić information content (AvgIpc) is 2.40. The number of hydrogen-bond acceptors (Lipinski definition) is 5. The highest BCUT2D eigenvalue weighted by Crippen LogP contribution is 2.13. The number of ether oxygens (including phenoxy) is 1. The summed E-state index contributed by atoms with van der Waals surface area (Å²) in [6, 6.07) is 9.22. The van der Waals surface area contributed by atoms with E-state index in [9.17, 15) is 16.8 Å². The smallest absolute Gasteiger partial charge is 0.264 e. The van der Waals surface area contributed by atoms with Crippen molar-refractivity contribution in [2.45, 2.75) is 32.0 Å². The van der Waals surface area contributed by atoms with Gasteiger partial charge in [0.05, 0.1) is 24.2 Å². The Morgan fingerprint density at radius 2 is 1.50 bits per heavy atom. The van der Waals surface area contributed by atoms with Gasteiger partial charge in [0.15, 0.2) is 0 Å². The van der Waals surface area contributed by atoms with Gasteiger partial charge in [-0.25, -0.2) is 0 Å². The van der Waals surface area contributed by atoms with Gasteiger partial charge in [-0.15, -0.1) is 0 Å². The molecule has 0 heterocycles. The first-order valence-electron chi connectivity index (χ1n) is 6.71. The lowest BCUT2D eigenvalue weighted by molar-refractivity contribution is 0.0325. The average molecular weight is 352 g/mol. The maximum Gasteiger partial charge on any atom is 0.264 e. The van der Waals surface area contributed by atoms with Gasteiger partial charge in [0, 0.05) is 0 Å². The van der Waals surface area contributed by atoms with Crippen LogP contribution in [0.5, 0.6) is 0 Å². The standard InChI is InChI=1S/C13H20O7S2/c14-21(15,16)9-4-7-13(8-10-22(17,18)19)20-11-12-5-2-1-3-6-12/h1-3,5-6,13H,4,7-11H2,(H,14,15,16)(H,17,18,19). The third kappa shape index (κ3) is 9.85. The van der Waals surface area contributed by atoms with Crippen molar-refractivity contribution in [3.8, 4) is 0 Å². The van der Waals surface area contributed by atoms with Crippen LogP contribution >= 0.6 is 0 Å². The molecule has 1 aromatic carbocycles. The van der Waals surface area contributed by atoms with Gasteiger partial charge in [0.2, 0.25) is 0 Å². The van der Waals surface area contributed by atoms with Crippen LogP contribution in [0, 0.1) is 0 Å². The second kappa shape index (κ2) is 8.59. The van der Waals surface area contributed by atoms with E-state index in [2.05, 4.69) is 0 Å². The van der Waals surface area contributed by atoms with E-state index in [0.717, 1.165) is 5.56 Å². The summed E-state index contributed by atoms with van der Waals surface area (Å²) in [7, 11) is -8.16. The molecule has 0 aliphatic rings. The van der Waals surface area contributed by atoms with E-state index in [1.54, 1.807) is 0 Å². The molecule has 1 rings (SSSR count). The third-order valence-corrected chi connectivity index (χ3v) is 4.51. The molecule has 126 valence electrons. The van der Waals surface area contributed by atoms with Gasteiger partial charge in [-0.05, 0) is 24.8 Å². The molecular weight excluding hydrogens is 332 g/mol. The zero-order valence-electron chi connectivity index (χ0n) is 12.0. The first kappa shape index (κ1) is 19.0. The molecule has 2 N–H and O–H groups in total. The lowest BCUT2D eigenvalue weighted by Crippen LogP contribution is -2.19. The third-order valence-electron chi connectivity index (χ3n) is 2.95. The van der Waals surface area contributed by atoms with Gasteiger partial charge in [0.1, 0.15) is 0 Å². The minimum atomic E-state index is -4.10. The fourth-order valence-electron chi connectivity index (χ4n) is 1.87. The van der Waals surface area contributed by atoms with Gasteiger partial charge >= 0.3 is 0 Å². The molecule has 0 aromatic heterocycles. The SMILES string of the molecule is O=S(=O)(O)CCCC(CCS(=O)(=O)O)OCc1ccccc1. The summed E-state index contributed by atoms with van der Waals surface area (Å²) in [5.41, 5.74) is 0.897. The second-order valence-corrected chi connectivity index (χ2v) is 8.07. The van der Waals surface area contributed by atoms with Crippen LogP contribution in [0.15, 0.2) is 30.3 Å². The molecule has 0 spiro atoms. The summed E-state index contributed by atoms with van der Waals surface area (Å²) >= 11 is 0. The summed E-state index contributed by atoms with van der Waals surface area (Å²) in [5, 5.41) is 0. The van der Waals surface area contributed by atoms with Crippen molar-refractivity contribution >= 4 is 20.2 Å². The predicted octanol–water partition coefficient (Wildman–Crippen LogP) is 1.52. The summed E-state index contributed by atoms with van der Waals surface area (Å²) in [4.78, 5) is 0. The Kier molecular flexibility index (Phi) is 7.43. The second-order valence-electron chi connectivity index (χ2n) is 4.92. The fraction of sp³-hybridized carbons (Fsp3) is 0.538. The molecule has 9 heteroatoms. The van der Waals surface area contributed by atoms with Crippen LogP contribution in [0.1, 0.15) is 24.8 Å². The number of hydrogen-bond donors (Lipinski definition) is 2. The van der Waals surface area contributed by atoms with Gasteiger partial charge in [-0.3, -0.25) is 9.11 Å². The molecule has 7 nitrogen and oxygen atoms in total. The quantitative estimate of drug-likeness (QED) is 0.613. The molecule has 0 radical (unpaired) electrons. The van der Waals surface area contributed by atoms with Crippen molar-refractivity contribution in [1.29, 1.82) is 0 Å². The van der Waals surface area contributed by atoms with Crippen molar-refractivity contribution in [2.75, 3.05) is 11.5 Å². The molecule has 1 aromatic rings. The zero-order valence-corrected chi connectivity index (χ0v) is 13.6. The van der Waals surface area contributed by atoms with Crippen LogP contribution in [0.25, 0.3) is 0 Å². The lowest BCUT2D eigenvalue weighted by atomic mass is 10.1. The lowest BCUT2D eigenvalue weighted by Gasteiger charge is -2.17. The first-order chi connectivity index (χ1) is 10.2. The number of benzene rings is 1. The maximum absolute atomic E-state index is 10.8. The van der Waals surface area contributed by atoms with E-state index < -0.39 is 37.8 Å². The first-order valence-corrected chi connectivity index (χ1v) is 9.93. The molecule has 0 amide bonds. The molecule has 0 fully saturated rings. The van der Waals surface area contributed by atoms with Crippen molar-refractivity contribution < 1.29 is 30.7 Å². The largest absolute Gasteiger partial charge is 0.374 e. The minimum Gasteiger partial charge on any atom is -0.374 e. The normalized spacial score (nSPS) is 13.9. The molecule has 1 atom stereocenters. The summed E-state index contributed by atoms with van der Waals surface area (Å²) in [5.74, 6) is -0.873. The Bertz CT molecular complexity index is 638. The van der Waals surface area contributed by atoms with Crippen LogP contribution in [0.2, 0.25) is 0 Å². The predicted molar refractivity (Wildman–Crippen MR) is 81.7 cm³/mol. The highest BCUT2D eigenvalue weighted by Gasteiger charge is 2.15. The summed E-state index contributed by atoms with van der Waals surface area (Å²) in [6.07, 6.45) is -0.0628. The van der Waals surface area contributed by atoms with Gasteiger partial charge in [-0.1, -0.05) is 30.3 Å². The van der Waals surface area contributed by atoms with Gasteiger partial charge < -0.3 is 4.74 Å². The maximum atomic E-state index is 10.8. The van der Waals surface area contributed by atoms with Crippen LogP contribution < -0.4 is 0 Å². The van der Waals surface area contributed by atoms with E-state index >= 15 is 0 Å². The van der Waals surface area contributed by atoms with Crippen LogP contribution in [0.3, 0.4) is 0 Å². The Balaban J connectivity index is 2.53. The van der Waals surface area contributed by atoms with E-state index in [0.29, 0.717) is 0 Å². The summed E-state index contributed by atoms with van der Waals surface area (Å²) < 4.78 is 66.1. The van der Waals surface area contributed by atoms with E-state index in [1.807, 2.05) is 30.3 Å². The molecule has 0 saturated carbocycles. The van der Waals surface area contributed by atoms with Gasteiger partial charge in [0.25, 0.3) is 20.2 Å². The Hall–Kier alpha value is -1.00. The summed E-state index contributed by atoms with van der Waals surface area (Å²) in [6.45, 7) is 0.253.